The SMILES string of the molecule is CN(c1ccccc1F)S(=O)(=O)c1cc(Cl)cc(N)c1F. The molecule has 0 amide bonds. The van der Waals surface area contributed by atoms with Gasteiger partial charge >= 0.3 is 0 Å². The molecule has 0 spiro atoms. The summed E-state index contributed by atoms with van der Waals surface area (Å²) in [6.45, 7) is 0. The van der Waals surface area contributed by atoms with Gasteiger partial charge in [0.15, 0.2) is 5.82 Å². The summed E-state index contributed by atoms with van der Waals surface area (Å²) in [5.74, 6) is -1.87. The summed E-state index contributed by atoms with van der Waals surface area (Å²) in [5, 5.41) is -0.0330. The number of para-hydroxylation sites is 1. The van der Waals surface area contributed by atoms with Gasteiger partial charge in [0.05, 0.1) is 11.4 Å². The molecular weight excluding hydrogens is 322 g/mol. The maximum Gasteiger partial charge on any atom is 0.267 e. The first-order valence-corrected chi connectivity index (χ1v) is 7.55. The minimum atomic E-state index is -4.34. The fraction of sp³-hybridized carbons (Fsp3) is 0.0769. The molecule has 0 heterocycles. The average molecular weight is 333 g/mol. The molecule has 0 atom stereocenters. The molecule has 0 aliphatic heterocycles. The Kier molecular flexibility index (Phi) is 4.06. The lowest BCUT2D eigenvalue weighted by Crippen LogP contribution is -2.28. The Bertz CT molecular complexity index is 797. The van der Waals surface area contributed by atoms with Gasteiger partial charge in [-0.25, -0.2) is 17.2 Å². The van der Waals surface area contributed by atoms with Gasteiger partial charge in [-0.05, 0) is 24.3 Å². The fourth-order valence-electron chi connectivity index (χ4n) is 1.76. The molecular formula is C13H11ClF2N2O2S. The lowest BCUT2D eigenvalue weighted by molar-refractivity contribution is 0.566. The molecule has 21 heavy (non-hydrogen) atoms. The molecule has 0 aromatic heterocycles. The van der Waals surface area contributed by atoms with Crippen molar-refractivity contribution in [1.82, 2.24) is 0 Å². The van der Waals surface area contributed by atoms with Gasteiger partial charge in [0.2, 0.25) is 0 Å². The number of nitrogens with zero attached hydrogens (tertiary/aromatic N) is 1. The zero-order valence-electron chi connectivity index (χ0n) is 10.8. The van der Waals surface area contributed by atoms with E-state index in [9.17, 15) is 17.2 Å². The van der Waals surface area contributed by atoms with Crippen LogP contribution in [0.4, 0.5) is 20.2 Å². The Morgan fingerprint density at radius 3 is 2.43 bits per heavy atom. The van der Waals surface area contributed by atoms with Crippen molar-refractivity contribution in [3.8, 4) is 0 Å². The molecule has 2 rings (SSSR count). The molecule has 0 saturated carbocycles. The minimum Gasteiger partial charge on any atom is -0.396 e. The van der Waals surface area contributed by atoms with E-state index in [4.69, 9.17) is 17.3 Å². The van der Waals surface area contributed by atoms with Gasteiger partial charge in [0.25, 0.3) is 10.0 Å². The molecule has 2 aromatic rings. The Labute approximate surface area is 125 Å². The molecule has 0 saturated heterocycles. The van der Waals surface area contributed by atoms with Crippen LogP contribution < -0.4 is 10.0 Å². The van der Waals surface area contributed by atoms with Gasteiger partial charge in [0, 0.05) is 12.1 Å². The summed E-state index contributed by atoms with van der Waals surface area (Å²) >= 11 is 5.71. The van der Waals surface area contributed by atoms with E-state index in [0.717, 1.165) is 25.2 Å². The van der Waals surface area contributed by atoms with E-state index in [-0.39, 0.29) is 10.7 Å². The number of nitrogen functional groups attached to an aromatic ring is 1. The van der Waals surface area contributed by atoms with Gasteiger partial charge in [-0.2, -0.15) is 0 Å². The highest BCUT2D eigenvalue weighted by molar-refractivity contribution is 7.92. The van der Waals surface area contributed by atoms with Crippen LogP contribution >= 0.6 is 11.6 Å². The Morgan fingerprint density at radius 2 is 1.81 bits per heavy atom. The second-order valence-electron chi connectivity index (χ2n) is 4.23. The van der Waals surface area contributed by atoms with E-state index >= 15 is 0 Å². The van der Waals surface area contributed by atoms with Crippen LogP contribution in [0.15, 0.2) is 41.3 Å². The smallest absolute Gasteiger partial charge is 0.267 e. The lowest BCUT2D eigenvalue weighted by Gasteiger charge is -2.20. The van der Waals surface area contributed by atoms with Crippen LogP contribution in [0.5, 0.6) is 0 Å². The number of hydrogen-bond donors (Lipinski definition) is 1. The van der Waals surface area contributed by atoms with Crippen LogP contribution in [0.2, 0.25) is 5.02 Å². The van der Waals surface area contributed by atoms with Crippen molar-refractivity contribution in [1.29, 1.82) is 0 Å². The number of benzene rings is 2. The molecule has 0 fully saturated rings. The summed E-state index contributed by atoms with van der Waals surface area (Å²) in [7, 11) is -3.22. The van der Waals surface area contributed by atoms with Crippen molar-refractivity contribution in [3.05, 3.63) is 53.1 Å². The molecule has 0 unspecified atom stereocenters. The Balaban J connectivity index is 2.60. The maximum absolute atomic E-state index is 14.0. The van der Waals surface area contributed by atoms with E-state index in [1.165, 1.54) is 18.2 Å². The average Bonchev–Trinajstić information content (AvgIpc) is 2.42. The molecule has 0 aliphatic carbocycles. The van der Waals surface area contributed by atoms with Crippen molar-refractivity contribution in [2.45, 2.75) is 4.90 Å². The summed E-state index contributed by atoms with van der Waals surface area (Å²) in [6, 6.07) is 7.27. The number of sulfonamides is 1. The highest BCUT2D eigenvalue weighted by atomic mass is 35.5. The van der Waals surface area contributed by atoms with Crippen LogP contribution in [-0.4, -0.2) is 15.5 Å². The molecule has 0 radical (unpaired) electrons. The van der Waals surface area contributed by atoms with Crippen LogP contribution in [0.25, 0.3) is 0 Å². The predicted octanol–water partition coefficient (Wildman–Crippen LogP) is 3.03. The molecule has 8 heteroatoms. The van der Waals surface area contributed by atoms with Crippen LogP contribution in [0, 0.1) is 11.6 Å². The number of rotatable bonds is 3. The zero-order valence-corrected chi connectivity index (χ0v) is 12.4. The third-order valence-corrected chi connectivity index (χ3v) is 4.85. The first-order valence-electron chi connectivity index (χ1n) is 5.73. The van der Waals surface area contributed by atoms with Gasteiger partial charge in [-0.15, -0.1) is 0 Å². The maximum atomic E-state index is 14.0. The topological polar surface area (TPSA) is 63.4 Å². The summed E-state index contributed by atoms with van der Waals surface area (Å²) in [4.78, 5) is -0.710. The third kappa shape index (κ3) is 2.79. The van der Waals surface area contributed by atoms with Crippen molar-refractivity contribution < 1.29 is 17.2 Å². The molecule has 0 aliphatic rings. The molecule has 112 valence electrons. The Morgan fingerprint density at radius 1 is 1.19 bits per heavy atom. The second kappa shape index (κ2) is 5.50. The summed E-state index contributed by atoms with van der Waals surface area (Å²) in [6.07, 6.45) is 0. The lowest BCUT2D eigenvalue weighted by atomic mass is 10.3. The molecule has 2 aromatic carbocycles. The van der Waals surface area contributed by atoms with Gasteiger partial charge in [-0.1, -0.05) is 23.7 Å². The van der Waals surface area contributed by atoms with Crippen molar-refractivity contribution in [2.75, 3.05) is 17.1 Å². The highest BCUT2D eigenvalue weighted by Crippen LogP contribution is 2.30. The number of nitrogens with two attached hydrogens (primary N) is 1. The summed E-state index contributed by atoms with van der Waals surface area (Å²) < 4.78 is 53.1. The fourth-order valence-corrected chi connectivity index (χ4v) is 3.37. The van der Waals surface area contributed by atoms with Crippen LogP contribution in [0.1, 0.15) is 0 Å². The largest absolute Gasteiger partial charge is 0.396 e. The van der Waals surface area contributed by atoms with Crippen molar-refractivity contribution in [3.63, 3.8) is 0 Å². The first-order chi connectivity index (χ1) is 9.75. The summed E-state index contributed by atoms with van der Waals surface area (Å²) in [5.41, 5.74) is 4.76. The zero-order chi connectivity index (χ0) is 15.8. The number of halogens is 3. The van der Waals surface area contributed by atoms with E-state index in [1.54, 1.807) is 0 Å². The van der Waals surface area contributed by atoms with Crippen molar-refractivity contribution in [2.24, 2.45) is 0 Å². The number of hydrogen-bond acceptors (Lipinski definition) is 3. The van der Waals surface area contributed by atoms with Gasteiger partial charge < -0.3 is 5.73 Å². The predicted molar refractivity (Wildman–Crippen MR) is 77.8 cm³/mol. The second-order valence-corrected chi connectivity index (χ2v) is 6.61. The third-order valence-electron chi connectivity index (χ3n) is 2.86. The van der Waals surface area contributed by atoms with Gasteiger partial charge in [-0.3, -0.25) is 4.31 Å². The minimum absolute atomic E-state index is 0.0330. The van der Waals surface area contributed by atoms with E-state index in [2.05, 4.69) is 0 Å². The van der Waals surface area contributed by atoms with E-state index < -0.39 is 32.2 Å². The Hall–Kier alpha value is -1.86. The normalized spacial score (nSPS) is 11.4. The van der Waals surface area contributed by atoms with E-state index in [1.807, 2.05) is 0 Å². The quantitative estimate of drug-likeness (QED) is 0.879. The van der Waals surface area contributed by atoms with Crippen molar-refractivity contribution >= 4 is 33.0 Å². The van der Waals surface area contributed by atoms with Gasteiger partial charge in [0.1, 0.15) is 10.7 Å². The molecule has 4 nitrogen and oxygen atoms in total. The number of anilines is 2. The monoisotopic (exact) mass is 332 g/mol. The molecule has 2 N–H and O–H groups in total. The van der Waals surface area contributed by atoms with E-state index in [0.29, 0.717) is 4.31 Å². The first kappa shape index (κ1) is 15.5. The van der Waals surface area contributed by atoms with Crippen LogP contribution in [-0.2, 0) is 10.0 Å². The standard InChI is InChI=1S/C13H11ClF2N2O2S/c1-18(11-5-3-2-4-9(11)15)21(19,20)12-7-8(14)6-10(17)13(12)16/h2-7H,17H2,1H3. The van der Waals surface area contributed by atoms with Crippen LogP contribution in [0.3, 0.4) is 0 Å². The molecule has 0 bridgehead atoms. The highest BCUT2D eigenvalue weighted by Gasteiger charge is 2.28.